The van der Waals surface area contributed by atoms with E-state index in [1.807, 2.05) is 0 Å². The van der Waals surface area contributed by atoms with Gasteiger partial charge in [0, 0.05) is 17.6 Å². The molecule has 2 aliphatic heterocycles. The molecule has 0 aromatic rings. The number of nitrogens with zero attached hydrogens (tertiary/aromatic N) is 1. The number of thioether (sulfide) groups is 1. The average molecular weight is 200 g/mol. The van der Waals surface area contributed by atoms with Crippen molar-refractivity contribution in [2.45, 2.75) is 36.9 Å². The lowest BCUT2D eigenvalue weighted by molar-refractivity contribution is -0.895. The van der Waals surface area contributed by atoms with Crippen molar-refractivity contribution >= 4 is 11.8 Å². The summed E-state index contributed by atoms with van der Waals surface area (Å²) in [6.07, 6.45) is 7.37. The highest BCUT2D eigenvalue weighted by Gasteiger charge is 2.39. The third kappa shape index (κ3) is 2.21. The first-order chi connectivity index (χ1) is 6.12. The van der Waals surface area contributed by atoms with Gasteiger partial charge in [-0.3, -0.25) is 0 Å². The third-order valence-electron chi connectivity index (χ3n) is 3.78. The van der Waals surface area contributed by atoms with Crippen molar-refractivity contribution in [3.63, 3.8) is 0 Å². The molecule has 13 heavy (non-hydrogen) atoms. The summed E-state index contributed by atoms with van der Waals surface area (Å²) in [5, 5.41) is 0. The highest BCUT2D eigenvalue weighted by Crippen LogP contribution is 2.44. The predicted octanol–water partition coefficient (Wildman–Crippen LogP) is 2.51. The number of likely N-dealkylation sites (tertiary alicyclic amines) is 1. The van der Waals surface area contributed by atoms with E-state index in [0.29, 0.717) is 4.75 Å². The molecule has 0 radical (unpaired) electrons. The van der Waals surface area contributed by atoms with Crippen LogP contribution in [0.25, 0.3) is 0 Å². The highest BCUT2D eigenvalue weighted by atomic mass is 32.2. The van der Waals surface area contributed by atoms with Crippen molar-refractivity contribution in [3.05, 3.63) is 0 Å². The van der Waals surface area contributed by atoms with E-state index < -0.39 is 0 Å². The van der Waals surface area contributed by atoms with Gasteiger partial charge in [-0.1, -0.05) is 6.42 Å². The molecular formula is C11H22NS+. The van der Waals surface area contributed by atoms with Gasteiger partial charge in [0.15, 0.2) is 0 Å². The molecule has 2 heteroatoms. The van der Waals surface area contributed by atoms with Crippen molar-refractivity contribution in [3.8, 4) is 0 Å². The van der Waals surface area contributed by atoms with Crippen molar-refractivity contribution in [2.24, 2.45) is 0 Å². The Morgan fingerprint density at radius 1 is 1.00 bits per heavy atom. The Labute approximate surface area is 86.5 Å². The molecule has 76 valence electrons. The maximum atomic E-state index is 2.38. The van der Waals surface area contributed by atoms with Gasteiger partial charge in [-0.15, -0.1) is 0 Å². The third-order valence-corrected chi connectivity index (χ3v) is 5.50. The van der Waals surface area contributed by atoms with Crippen molar-refractivity contribution in [1.29, 1.82) is 0 Å². The van der Waals surface area contributed by atoms with Gasteiger partial charge >= 0.3 is 0 Å². The Bertz CT molecular complexity index is 171. The number of quaternary nitrogens is 1. The second-order valence-corrected chi connectivity index (χ2v) is 6.93. The summed E-state index contributed by atoms with van der Waals surface area (Å²) in [6, 6.07) is 0. The molecule has 0 N–H and O–H groups in total. The van der Waals surface area contributed by atoms with Crippen LogP contribution >= 0.6 is 11.8 Å². The lowest BCUT2D eigenvalue weighted by Gasteiger charge is -2.45. The van der Waals surface area contributed by atoms with Crippen molar-refractivity contribution < 1.29 is 4.48 Å². The van der Waals surface area contributed by atoms with Gasteiger partial charge in [0.2, 0.25) is 0 Å². The summed E-state index contributed by atoms with van der Waals surface area (Å²) in [7, 11) is 4.75. The lowest BCUT2D eigenvalue weighted by atomic mass is 9.89. The first-order valence-corrected chi connectivity index (χ1v) is 6.57. The second kappa shape index (κ2) is 3.47. The molecule has 0 unspecified atom stereocenters. The van der Waals surface area contributed by atoms with Crippen LogP contribution in [0.2, 0.25) is 0 Å². The van der Waals surface area contributed by atoms with Gasteiger partial charge in [0.05, 0.1) is 27.2 Å². The molecule has 0 aromatic heterocycles. The minimum atomic E-state index is 0.714. The molecule has 2 aliphatic rings. The summed E-state index contributed by atoms with van der Waals surface area (Å²) < 4.78 is 1.97. The van der Waals surface area contributed by atoms with Gasteiger partial charge < -0.3 is 4.48 Å². The summed E-state index contributed by atoms with van der Waals surface area (Å²) >= 11 is 2.28. The Hall–Kier alpha value is 0.310. The fraction of sp³-hybridized carbons (Fsp3) is 1.00. The molecule has 0 amide bonds. The Morgan fingerprint density at radius 2 is 1.69 bits per heavy atom. The van der Waals surface area contributed by atoms with Gasteiger partial charge in [0.25, 0.3) is 0 Å². The highest BCUT2D eigenvalue weighted by molar-refractivity contribution is 8.00. The minimum Gasteiger partial charge on any atom is -0.328 e. The zero-order valence-electron chi connectivity index (χ0n) is 9.01. The van der Waals surface area contributed by atoms with Crippen molar-refractivity contribution in [1.82, 2.24) is 0 Å². The van der Waals surface area contributed by atoms with E-state index in [9.17, 15) is 0 Å². The number of hydrogen-bond acceptors (Lipinski definition) is 1. The minimum absolute atomic E-state index is 0.714. The number of rotatable bonds is 0. The van der Waals surface area contributed by atoms with Gasteiger partial charge in [0.1, 0.15) is 0 Å². The molecule has 2 fully saturated rings. The van der Waals surface area contributed by atoms with E-state index in [4.69, 9.17) is 0 Å². The zero-order chi connectivity index (χ0) is 9.36. The van der Waals surface area contributed by atoms with E-state index >= 15 is 0 Å². The largest absolute Gasteiger partial charge is 0.328 e. The van der Waals surface area contributed by atoms with E-state index in [-0.39, 0.29) is 0 Å². The molecular weight excluding hydrogens is 178 g/mol. The molecule has 2 saturated heterocycles. The SMILES string of the molecule is C[N+]1(C)CCC2(CCCCS2)CC1. The fourth-order valence-corrected chi connectivity index (χ4v) is 4.10. The van der Waals surface area contributed by atoms with Gasteiger partial charge in [-0.2, -0.15) is 11.8 Å². The van der Waals surface area contributed by atoms with Crippen LogP contribution in [0, 0.1) is 0 Å². The lowest BCUT2D eigenvalue weighted by Crippen LogP contribution is -2.51. The van der Waals surface area contributed by atoms with E-state index in [1.54, 1.807) is 0 Å². The summed E-state index contributed by atoms with van der Waals surface area (Å²) in [4.78, 5) is 0. The van der Waals surface area contributed by atoms with Crippen LogP contribution in [0.4, 0.5) is 0 Å². The predicted molar refractivity (Wildman–Crippen MR) is 60.1 cm³/mol. The molecule has 0 aromatic carbocycles. The Morgan fingerprint density at radius 3 is 2.23 bits per heavy atom. The number of hydrogen-bond donors (Lipinski definition) is 0. The number of piperidine rings is 1. The molecule has 0 aliphatic carbocycles. The van der Waals surface area contributed by atoms with Gasteiger partial charge in [-0.05, 0) is 18.6 Å². The summed E-state index contributed by atoms with van der Waals surface area (Å²) in [5.74, 6) is 1.42. The van der Waals surface area contributed by atoms with Crippen LogP contribution in [-0.2, 0) is 0 Å². The normalized spacial score (nSPS) is 31.8. The summed E-state index contributed by atoms with van der Waals surface area (Å²) in [6.45, 7) is 2.79. The summed E-state index contributed by atoms with van der Waals surface area (Å²) in [5.41, 5.74) is 0. The quantitative estimate of drug-likeness (QED) is 0.541. The monoisotopic (exact) mass is 200 g/mol. The van der Waals surface area contributed by atoms with Crippen LogP contribution in [0.15, 0.2) is 0 Å². The van der Waals surface area contributed by atoms with Crippen LogP contribution in [0.1, 0.15) is 32.1 Å². The first-order valence-electron chi connectivity index (χ1n) is 5.58. The fourth-order valence-electron chi connectivity index (χ4n) is 2.55. The standard InChI is InChI=1S/C11H22NS/c1-12(2)8-6-11(7-9-12)5-3-4-10-13-11/h3-10H2,1-2H3/q+1. The second-order valence-electron chi connectivity index (χ2n) is 5.37. The molecule has 1 nitrogen and oxygen atoms in total. The topological polar surface area (TPSA) is 0 Å². The van der Waals surface area contributed by atoms with E-state index in [0.717, 1.165) is 0 Å². The first kappa shape index (κ1) is 9.85. The van der Waals surface area contributed by atoms with Crippen LogP contribution in [0.3, 0.4) is 0 Å². The van der Waals surface area contributed by atoms with Crippen molar-refractivity contribution in [2.75, 3.05) is 32.9 Å². The van der Waals surface area contributed by atoms with Crippen LogP contribution < -0.4 is 0 Å². The average Bonchev–Trinajstić information content (AvgIpc) is 2.13. The molecule has 0 bridgehead atoms. The zero-order valence-corrected chi connectivity index (χ0v) is 9.83. The van der Waals surface area contributed by atoms with E-state index in [1.165, 1.54) is 55.4 Å². The molecule has 2 rings (SSSR count). The Balaban J connectivity index is 1.95. The van der Waals surface area contributed by atoms with Crippen LogP contribution in [0.5, 0.6) is 0 Å². The van der Waals surface area contributed by atoms with Crippen LogP contribution in [-0.4, -0.2) is 42.2 Å². The maximum Gasteiger partial charge on any atom is 0.0796 e. The Kier molecular flexibility index (Phi) is 2.63. The smallest absolute Gasteiger partial charge is 0.0796 e. The molecule has 2 heterocycles. The molecule has 1 spiro atoms. The van der Waals surface area contributed by atoms with E-state index in [2.05, 4.69) is 25.9 Å². The maximum absolute atomic E-state index is 2.38. The molecule has 0 saturated carbocycles. The molecule has 0 atom stereocenters. The van der Waals surface area contributed by atoms with Gasteiger partial charge in [-0.25, -0.2) is 0 Å².